The van der Waals surface area contributed by atoms with Gasteiger partial charge in [-0.3, -0.25) is 0 Å². The van der Waals surface area contributed by atoms with Gasteiger partial charge in [0.25, 0.3) is 0 Å². The molecule has 0 aromatic heterocycles. The molecule has 14 heavy (non-hydrogen) atoms. The van der Waals surface area contributed by atoms with Crippen LogP contribution in [-0.4, -0.2) is 31.8 Å². The molecule has 0 bridgehead atoms. The molecule has 4 atom stereocenters. The molecule has 0 radical (unpaired) electrons. The summed E-state index contributed by atoms with van der Waals surface area (Å²) in [5.41, 5.74) is 5.65. The summed E-state index contributed by atoms with van der Waals surface area (Å²) in [6.45, 7) is 5.13. The van der Waals surface area contributed by atoms with Crippen molar-refractivity contribution in [2.75, 3.05) is 13.6 Å². The number of hydrogen-bond acceptors (Lipinski definition) is 3. The lowest BCUT2D eigenvalue weighted by atomic mass is 9.88. The first-order valence-corrected chi connectivity index (χ1v) is 5.75. The van der Waals surface area contributed by atoms with Crippen molar-refractivity contribution in [3.05, 3.63) is 0 Å². The Labute approximate surface area is 87.4 Å². The second-order valence-corrected chi connectivity index (χ2v) is 4.32. The fourth-order valence-corrected chi connectivity index (χ4v) is 2.30. The van der Waals surface area contributed by atoms with Gasteiger partial charge >= 0.3 is 0 Å². The average Bonchev–Trinajstić information content (AvgIpc) is 2.22. The summed E-state index contributed by atoms with van der Waals surface area (Å²) >= 11 is 0. The van der Waals surface area contributed by atoms with E-state index in [0.29, 0.717) is 24.6 Å². The Kier molecular flexibility index (Phi) is 4.85. The highest BCUT2D eigenvalue weighted by Gasteiger charge is 2.32. The zero-order valence-corrected chi connectivity index (χ0v) is 9.62. The molecule has 84 valence electrons. The van der Waals surface area contributed by atoms with Gasteiger partial charge in [-0.15, -0.1) is 0 Å². The van der Waals surface area contributed by atoms with Crippen LogP contribution in [0.4, 0.5) is 0 Å². The molecule has 0 saturated carbocycles. The van der Waals surface area contributed by atoms with Crippen LogP contribution in [0.15, 0.2) is 0 Å². The molecule has 3 nitrogen and oxygen atoms in total. The Balaban J connectivity index is 2.54. The van der Waals surface area contributed by atoms with E-state index in [1.807, 2.05) is 7.05 Å². The summed E-state index contributed by atoms with van der Waals surface area (Å²) in [4.78, 5) is 0. The Hall–Kier alpha value is -0.120. The lowest BCUT2D eigenvalue weighted by Crippen LogP contribution is -2.48. The minimum absolute atomic E-state index is 0.276. The van der Waals surface area contributed by atoms with Crippen LogP contribution in [0.3, 0.4) is 0 Å². The number of rotatable bonds is 4. The molecular formula is C11H24N2O. The maximum atomic E-state index is 6.00. The molecule has 1 aliphatic heterocycles. The van der Waals surface area contributed by atoms with E-state index < -0.39 is 0 Å². The van der Waals surface area contributed by atoms with Gasteiger partial charge in [-0.25, -0.2) is 0 Å². The van der Waals surface area contributed by atoms with E-state index in [-0.39, 0.29) is 6.10 Å². The van der Waals surface area contributed by atoms with Crippen molar-refractivity contribution in [3.63, 3.8) is 0 Å². The van der Waals surface area contributed by atoms with Crippen molar-refractivity contribution in [2.45, 2.75) is 51.4 Å². The minimum Gasteiger partial charge on any atom is -0.372 e. The molecule has 0 amide bonds. The highest BCUT2D eigenvalue weighted by molar-refractivity contribution is 4.84. The Morgan fingerprint density at radius 1 is 1.50 bits per heavy atom. The van der Waals surface area contributed by atoms with Gasteiger partial charge in [-0.1, -0.05) is 13.8 Å². The summed E-state index contributed by atoms with van der Waals surface area (Å²) in [6.07, 6.45) is 4.09. The standard InChI is InChI=1S/C11H24N2O/c1-4-10(13-3)11-8(2)5-6-9(7-12)14-11/h8-11,13H,4-7,12H2,1-3H3. The van der Waals surface area contributed by atoms with Crippen LogP contribution in [0.1, 0.15) is 33.1 Å². The number of likely N-dealkylation sites (N-methyl/N-ethyl adjacent to an activating group) is 1. The molecule has 3 heteroatoms. The molecule has 3 N–H and O–H groups in total. The van der Waals surface area contributed by atoms with Crippen molar-refractivity contribution < 1.29 is 4.74 Å². The van der Waals surface area contributed by atoms with Gasteiger partial charge < -0.3 is 15.8 Å². The maximum Gasteiger partial charge on any atom is 0.0757 e. The molecule has 0 aromatic rings. The van der Waals surface area contributed by atoms with Gasteiger partial charge in [0.05, 0.1) is 12.2 Å². The predicted molar refractivity (Wildman–Crippen MR) is 59.3 cm³/mol. The third-order valence-electron chi connectivity index (χ3n) is 3.32. The quantitative estimate of drug-likeness (QED) is 0.715. The third-order valence-corrected chi connectivity index (χ3v) is 3.32. The van der Waals surface area contributed by atoms with Crippen molar-refractivity contribution in [1.82, 2.24) is 5.32 Å². The van der Waals surface area contributed by atoms with E-state index in [2.05, 4.69) is 19.2 Å². The van der Waals surface area contributed by atoms with Gasteiger partial charge in [-0.05, 0) is 32.2 Å². The minimum atomic E-state index is 0.276. The first-order valence-electron chi connectivity index (χ1n) is 5.75. The first kappa shape index (κ1) is 12.0. The van der Waals surface area contributed by atoms with Crippen molar-refractivity contribution >= 4 is 0 Å². The van der Waals surface area contributed by atoms with Crippen LogP contribution in [0.25, 0.3) is 0 Å². The van der Waals surface area contributed by atoms with Gasteiger partial charge in [0.15, 0.2) is 0 Å². The van der Waals surface area contributed by atoms with Gasteiger partial charge in [-0.2, -0.15) is 0 Å². The highest BCUT2D eigenvalue weighted by Crippen LogP contribution is 2.27. The summed E-state index contributed by atoms with van der Waals surface area (Å²) in [7, 11) is 2.01. The Morgan fingerprint density at radius 3 is 2.71 bits per heavy atom. The van der Waals surface area contributed by atoms with Crippen LogP contribution in [0.2, 0.25) is 0 Å². The molecule has 0 aromatic carbocycles. The molecule has 4 unspecified atom stereocenters. The first-order chi connectivity index (χ1) is 6.72. The van der Waals surface area contributed by atoms with Crippen LogP contribution in [0, 0.1) is 5.92 Å². The smallest absolute Gasteiger partial charge is 0.0757 e. The number of ether oxygens (including phenoxy) is 1. The van der Waals surface area contributed by atoms with Crippen LogP contribution < -0.4 is 11.1 Å². The summed E-state index contributed by atoms with van der Waals surface area (Å²) in [5, 5.41) is 3.33. The van der Waals surface area contributed by atoms with E-state index in [0.717, 1.165) is 12.8 Å². The SMILES string of the molecule is CCC(NC)C1OC(CN)CCC1C. The van der Waals surface area contributed by atoms with E-state index >= 15 is 0 Å². The fraction of sp³-hybridized carbons (Fsp3) is 1.00. The van der Waals surface area contributed by atoms with E-state index in [1.54, 1.807) is 0 Å². The van der Waals surface area contributed by atoms with Gasteiger partial charge in [0.2, 0.25) is 0 Å². The zero-order chi connectivity index (χ0) is 10.6. The monoisotopic (exact) mass is 200 g/mol. The molecule has 1 heterocycles. The third kappa shape index (κ3) is 2.69. The lowest BCUT2D eigenvalue weighted by molar-refractivity contribution is -0.0899. The van der Waals surface area contributed by atoms with Crippen molar-refractivity contribution in [1.29, 1.82) is 0 Å². The summed E-state index contributed by atoms with van der Waals surface area (Å²) in [5.74, 6) is 0.648. The van der Waals surface area contributed by atoms with E-state index in [9.17, 15) is 0 Å². The Bertz CT molecular complexity index is 159. The topological polar surface area (TPSA) is 47.3 Å². The Morgan fingerprint density at radius 2 is 2.21 bits per heavy atom. The van der Waals surface area contributed by atoms with Crippen LogP contribution in [0.5, 0.6) is 0 Å². The van der Waals surface area contributed by atoms with E-state index in [1.165, 1.54) is 6.42 Å². The molecule has 1 aliphatic rings. The van der Waals surface area contributed by atoms with Crippen LogP contribution in [-0.2, 0) is 4.74 Å². The average molecular weight is 200 g/mol. The largest absolute Gasteiger partial charge is 0.372 e. The second kappa shape index (κ2) is 5.69. The molecule has 1 saturated heterocycles. The molecule has 1 fully saturated rings. The summed E-state index contributed by atoms with van der Waals surface area (Å²) in [6, 6.07) is 0.472. The van der Waals surface area contributed by atoms with E-state index in [4.69, 9.17) is 10.5 Å². The highest BCUT2D eigenvalue weighted by atomic mass is 16.5. The molecule has 0 spiro atoms. The lowest BCUT2D eigenvalue weighted by Gasteiger charge is -2.38. The summed E-state index contributed by atoms with van der Waals surface area (Å²) < 4.78 is 6.00. The predicted octanol–water partition coefficient (Wildman–Crippen LogP) is 1.13. The molecular weight excluding hydrogens is 176 g/mol. The van der Waals surface area contributed by atoms with Crippen molar-refractivity contribution in [2.24, 2.45) is 11.7 Å². The second-order valence-electron chi connectivity index (χ2n) is 4.32. The molecule has 1 rings (SSSR count). The number of nitrogens with two attached hydrogens (primary N) is 1. The number of nitrogens with one attached hydrogen (secondary N) is 1. The van der Waals surface area contributed by atoms with Crippen molar-refractivity contribution in [3.8, 4) is 0 Å². The maximum absolute atomic E-state index is 6.00. The van der Waals surface area contributed by atoms with Crippen LogP contribution >= 0.6 is 0 Å². The van der Waals surface area contributed by atoms with Gasteiger partial charge in [0.1, 0.15) is 0 Å². The fourth-order valence-electron chi connectivity index (χ4n) is 2.30. The zero-order valence-electron chi connectivity index (χ0n) is 9.62. The van der Waals surface area contributed by atoms with Gasteiger partial charge in [0, 0.05) is 12.6 Å². The number of hydrogen-bond donors (Lipinski definition) is 2. The normalized spacial score (nSPS) is 35.6. The molecule has 0 aliphatic carbocycles.